The predicted molar refractivity (Wildman–Crippen MR) is 205 cm³/mol. The fourth-order valence-corrected chi connectivity index (χ4v) is 8.94. The number of benzene rings is 3. The number of hydrogen-bond donors (Lipinski definition) is 1. The number of fused-ring (bicyclic) bond motifs is 8. The summed E-state index contributed by atoms with van der Waals surface area (Å²) < 4.78 is 7.18. The molecule has 0 amide bonds. The third kappa shape index (κ3) is 4.45. The second-order valence-electron chi connectivity index (χ2n) is 14.0. The summed E-state index contributed by atoms with van der Waals surface area (Å²) in [5.74, 6) is 1.71. The largest absolute Gasteiger partial charge is 0.463 e. The van der Waals surface area contributed by atoms with E-state index in [1.807, 2.05) is 18.2 Å². The molecule has 4 aromatic rings. The topological polar surface area (TPSA) is 69.4 Å². The van der Waals surface area contributed by atoms with Crippen molar-refractivity contribution in [2.24, 2.45) is 0 Å². The Morgan fingerprint density at radius 1 is 0.880 bits per heavy atom. The number of nitrogens with zero attached hydrogens (tertiary/aromatic N) is 3. The Kier molecular flexibility index (Phi) is 6.96. The summed E-state index contributed by atoms with van der Waals surface area (Å²) in [5.41, 5.74) is 16.0. The number of anilines is 4. The molecule has 5 unspecified atom stereocenters. The maximum atomic E-state index is 10.7. The first-order valence-electron chi connectivity index (χ1n) is 17.4. The predicted octanol–water partition coefficient (Wildman–Crippen LogP) is 10.1. The molecule has 50 heavy (non-hydrogen) atoms. The summed E-state index contributed by atoms with van der Waals surface area (Å²) in [5, 5.41) is 10.7. The molecule has 2 N–H and O–H groups in total. The van der Waals surface area contributed by atoms with Gasteiger partial charge >= 0.3 is 0 Å². The molecule has 0 fully saturated rings. The van der Waals surface area contributed by atoms with E-state index in [0.29, 0.717) is 5.56 Å². The van der Waals surface area contributed by atoms with Gasteiger partial charge in [0.1, 0.15) is 11.5 Å². The monoisotopic (exact) mass is 650 g/mol. The molecular weight excluding hydrogens is 613 g/mol. The van der Waals surface area contributed by atoms with Crippen LogP contribution in [0.2, 0.25) is 0 Å². The Morgan fingerprint density at radius 2 is 1.74 bits per heavy atom. The number of nitriles is 1. The van der Waals surface area contributed by atoms with Crippen molar-refractivity contribution in [2.45, 2.75) is 42.7 Å². The van der Waals surface area contributed by atoms with Crippen LogP contribution in [0.1, 0.15) is 70.4 Å². The second-order valence-corrected chi connectivity index (χ2v) is 14.0. The van der Waals surface area contributed by atoms with Crippen molar-refractivity contribution < 1.29 is 4.42 Å². The SMILES string of the molecule is C=C1/C=C\C=C/CN(c2ccccc2)C2C=Cc3c(oc4c3C=CCC4c3c(C#N)cccc3N3c4ccc(N)cc4C4C=CC=CC43C)C12. The number of nitrogen functional groups attached to an aromatic ring is 1. The Hall–Kier alpha value is -5.99. The minimum absolute atomic E-state index is 0.0124. The van der Waals surface area contributed by atoms with Gasteiger partial charge in [0.2, 0.25) is 0 Å². The molecule has 0 bridgehead atoms. The van der Waals surface area contributed by atoms with E-state index in [0.717, 1.165) is 69.5 Å². The van der Waals surface area contributed by atoms with Crippen molar-refractivity contribution in [3.63, 3.8) is 0 Å². The smallest absolute Gasteiger partial charge is 0.121 e. The van der Waals surface area contributed by atoms with Gasteiger partial charge in [-0.15, -0.1) is 0 Å². The molecule has 9 rings (SSSR count). The minimum atomic E-state index is -0.379. The molecule has 244 valence electrons. The van der Waals surface area contributed by atoms with Crippen LogP contribution in [0.5, 0.6) is 0 Å². The number of rotatable bonds is 3. The standard InChI is InChI=1S/C45H38N4O/c1-29-13-5-4-10-26-48(32-15-6-3-7-16-32)39-24-22-34-33-17-12-18-35(43(33)50-44(34)41(29)39)42-30(28-46)14-11-20-40(42)49-38-23-21-31(47)27-36(38)37-19-8-9-25-45(37,49)2/h3-17,19-25,27,35,37,39,41H,1,18,26,47H2,2H3/b10-4-,13-5-. The van der Waals surface area contributed by atoms with Crippen molar-refractivity contribution in [3.05, 3.63) is 179 Å². The Labute approximate surface area is 293 Å². The van der Waals surface area contributed by atoms with Gasteiger partial charge in [0.25, 0.3) is 0 Å². The highest BCUT2D eigenvalue weighted by Gasteiger charge is 2.48. The first kappa shape index (κ1) is 30.1. The molecule has 0 saturated carbocycles. The van der Waals surface area contributed by atoms with E-state index in [1.165, 1.54) is 5.56 Å². The van der Waals surface area contributed by atoms with Gasteiger partial charge in [0.05, 0.1) is 29.1 Å². The van der Waals surface area contributed by atoms with Crippen LogP contribution in [-0.4, -0.2) is 18.1 Å². The normalized spacial score (nSPS) is 26.8. The highest BCUT2D eigenvalue weighted by Crippen LogP contribution is 2.57. The highest BCUT2D eigenvalue weighted by molar-refractivity contribution is 5.83. The Bertz CT molecular complexity index is 2270. The van der Waals surface area contributed by atoms with Crippen molar-refractivity contribution in [2.75, 3.05) is 22.1 Å². The van der Waals surface area contributed by atoms with E-state index in [4.69, 9.17) is 10.2 Å². The molecule has 5 atom stereocenters. The van der Waals surface area contributed by atoms with Gasteiger partial charge in [-0.2, -0.15) is 5.26 Å². The summed E-state index contributed by atoms with van der Waals surface area (Å²) in [6.07, 6.45) is 27.0. The lowest BCUT2D eigenvalue weighted by Crippen LogP contribution is -2.42. The van der Waals surface area contributed by atoms with Crippen molar-refractivity contribution >= 4 is 34.9 Å². The number of para-hydroxylation sites is 1. The highest BCUT2D eigenvalue weighted by atomic mass is 16.3. The summed E-state index contributed by atoms with van der Waals surface area (Å²) >= 11 is 0. The molecule has 0 radical (unpaired) electrons. The fraction of sp³-hybridized carbons (Fsp3) is 0.178. The average molecular weight is 651 g/mol. The molecule has 0 spiro atoms. The lowest BCUT2D eigenvalue weighted by Gasteiger charge is -2.41. The van der Waals surface area contributed by atoms with Gasteiger partial charge in [0.15, 0.2) is 0 Å². The Morgan fingerprint density at radius 3 is 2.60 bits per heavy atom. The van der Waals surface area contributed by atoms with Crippen molar-refractivity contribution in [3.8, 4) is 6.07 Å². The molecule has 2 aliphatic heterocycles. The molecule has 3 heterocycles. The minimum Gasteiger partial charge on any atom is -0.463 e. The Balaban J connectivity index is 1.21. The zero-order valence-electron chi connectivity index (χ0n) is 28.0. The second kappa shape index (κ2) is 11.6. The molecule has 3 aliphatic carbocycles. The van der Waals surface area contributed by atoms with E-state index >= 15 is 0 Å². The van der Waals surface area contributed by atoms with Crippen LogP contribution >= 0.6 is 0 Å². The van der Waals surface area contributed by atoms with Crippen LogP contribution in [0.25, 0.3) is 12.2 Å². The van der Waals surface area contributed by atoms with E-state index in [9.17, 15) is 5.26 Å². The van der Waals surface area contributed by atoms with Gasteiger partial charge in [-0.05, 0) is 66.9 Å². The average Bonchev–Trinajstić information content (AvgIpc) is 3.66. The first-order valence-corrected chi connectivity index (χ1v) is 17.4. The van der Waals surface area contributed by atoms with Gasteiger partial charge in [-0.3, -0.25) is 0 Å². The molecule has 3 aromatic carbocycles. The van der Waals surface area contributed by atoms with Crippen LogP contribution in [0.4, 0.5) is 22.7 Å². The number of allylic oxidation sites excluding steroid dienone is 6. The van der Waals surface area contributed by atoms with E-state index in [-0.39, 0.29) is 29.3 Å². The van der Waals surface area contributed by atoms with Crippen LogP contribution in [0.15, 0.2) is 144 Å². The van der Waals surface area contributed by atoms with Gasteiger partial charge in [0, 0.05) is 57.8 Å². The lowest BCUT2D eigenvalue weighted by molar-refractivity contribution is 0.414. The summed E-state index contributed by atoms with van der Waals surface area (Å²) in [4.78, 5) is 4.85. The fourth-order valence-electron chi connectivity index (χ4n) is 8.94. The zero-order valence-corrected chi connectivity index (χ0v) is 28.0. The maximum Gasteiger partial charge on any atom is 0.121 e. The van der Waals surface area contributed by atoms with Crippen molar-refractivity contribution in [1.82, 2.24) is 0 Å². The molecule has 1 aromatic heterocycles. The van der Waals surface area contributed by atoms with Gasteiger partial charge < -0.3 is 20.0 Å². The number of furan rings is 1. The summed E-state index contributed by atoms with van der Waals surface area (Å²) in [7, 11) is 0. The zero-order chi connectivity index (χ0) is 34.0. The quantitative estimate of drug-likeness (QED) is 0.224. The first-order chi connectivity index (χ1) is 24.5. The molecule has 0 saturated heterocycles. The van der Waals surface area contributed by atoms with E-state index < -0.39 is 0 Å². The van der Waals surface area contributed by atoms with Gasteiger partial charge in [-0.1, -0.05) is 104 Å². The van der Waals surface area contributed by atoms with E-state index in [2.05, 4.69) is 151 Å². The third-order valence-corrected chi connectivity index (χ3v) is 11.2. The summed E-state index contributed by atoms with van der Waals surface area (Å²) in [6.45, 7) is 7.63. The molecule has 5 heteroatoms. The van der Waals surface area contributed by atoms with Gasteiger partial charge in [-0.25, -0.2) is 0 Å². The molecule has 5 aliphatic rings. The van der Waals surface area contributed by atoms with Crippen LogP contribution < -0.4 is 15.5 Å². The molecule has 5 nitrogen and oxygen atoms in total. The van der Waals surface area contributed by atoms with Crippen LogP contribution in [0, 0.1) is 11.3 Å². The van der Waals surface area contributed by atoms with E-state index in [1.54, 1.807) is 0 Å². The van der Waals surface area contributed by atoms with Crippen molar-refractivity contribution in [1.29, 1.82) is 5.26 Å². The maximum absolute atomic E-state index is 10.7. The van der Waals surface area contributed by atoms with Crippen LogP contribution in [-0.2, 0) is 0 Å². The summed E-state index contributed by atoms with van der Waals surface area (Å²) in [6, 6.07) is 25.5. The number of hydrogen-bond acceptors (Lipinski definition) is 5. The van der Waals surface area contributed by atoms with Crippen LogP contribution in [0.3, 0.4) is 0 Å². The molecular formula is C45H38N4O. The third-order valence-electron chi connectivity index (χ3n) is 11.2. The lowest BCUT2D eigenvalue weighted by atomic mass is 9.78. The number of nitrogens with two attached hydrogens (primary N) is 1.